The molecule has 0 saturated carbocycles. The molecule has 2 aromatic rings. The monoisotopic (exact) mass is 556 g/mol. The molecule has 0 spiro atoms. The Balaban J connectivity index is 0.000000663. The van der Waals surface area contributed by atoms with E-state index in [1.165, 1.54) is 16.7 Å². The topological polar surface area (TPSA) is 115 Å². The zero-order chi connectivity index (χ0) is 29.4. The van der Waals surface area contributed by atoms with E-state index < -0.39 is 11.8 Å². The number of methoxy groups -OCH3 is 4. The number of fused-ring (bicyclic) bond motifs is 2. The predicted molar refractivity (Wildman–Crippen MR) is 150 cm³/mol. The molecular formula is C30H40N2O8. The summed E-state index contributed by atoms with van der Waals surface area (Å²) in [5, 5.41) is 7.64. The zero-order valence-electron chi connectivity index (χ0n) is 24.2. The SMILES string of the molecule is CC(=O)C(=O)O.COc1cc2c(cc1OC)CC(=O)N(CCCN(C)C[C@H]1Cc3cc(OC)c(OC)cc31)CC2. The second kappa shape index (κ2) is 14.0. The molecule has 0 aromatic heterocycles. The molecule has 4 rings (SSSR count). The number of carbonyl (C=O) groups excluding carboxylic acids is 2. The van der Waals surface area contributed by atoms with Crippen LogP contribution in [0.1, 0.15) is 41.5 Å². The number of hydrogen-bond acceptors (Lipinski definition) is 8. The average molecular weight is 557 g/mol. The van der Waals surface area contributed by atoms with Crippen LogP contribution in [0, 0.1) is 0 Å². The number of carbonyl (C=O) groups is 3. The number of hydrogen-bond donors (Lipinski definition) is 1. The molecule has 1 heterocycles. The van der Waals surface area contributed by atoms with Crippen molar-refractivity contribution in [1.29, 1.82) is 0 Å². The van der Waals surface area contributed by atoms with E-state index in [1.54, 1.807) is 28.4 Å². The summed E-state index contributed by atoms with van der Waals surface area (Å²) >= 11 is 0. The maximum atomic E-state index is 12.9. The van der Waals surface area contributed by atoms with E-state index in [1.807, 2.05) is 17.0 Å². The lowest BCUT2D eigenvalue weighted by Gasteiger charge is -2.34. The first-order valence-electron chi connectivity index (χ1n) is 13.3. The number of carboxylic acid groups (broad SMARTS) is 1. The smallest absolute Gasteiger partial charge is 0.371 e. The molecule has 0 fully saturated rings. The summed E-state index contributed by atoms with van der Waals surface area (Å²) in [5.74, 6) is 1.49. The van der Waals surface area contributed by atoms with E-state index in [2.05, 4.69) is 24.1 Å². The highest BCUT2D eigenvalue weighted by molar-refractivity contribution is 6.31. The van der Waals surface area contributed by atoms with Gasteiger partial charge in [0.1, 0.15) is 0 Å². The predicted octanol–water partition coefficient (Wildman–Crippen LogP) is 2.97. The molecule has 1 N–H and O–H groups in total. The number of ether oxygens (including phenoxy) is 4. The van der Waals surface area contributed by atoms with Gasteiger partial charge in [0, 0.05) is 32.5 Å². The van der Waals surface area contributed by atoms with Crippen molar-refractivity contribution < 1.29 is 38.4 Å². The summed E-state index contributed by atoms with van der Waals surface area (Å²) < 4.78 is 21.7. The van der Waals surface area contributed by atoms with Gasteiger partial charge in [-0.25, -0.2) is 4.79 Å². The normalized spacial score (nSPS) is 15.5. The van der Waals surface area contributed by atoms with Crippen molar-refractivity contribution >= 4 is 17.7 Å². The van der Waals surface area contributed by atoms with Crippen molar-refractivity contribution in [3.05, 3.63) is 46.5 Å². The molecule has 1 aliphatic heterocycles. The lowest BCUT2D eigenvalue weighted by atomic mass is 9.77. The Morgan fingerprint density at radius 3 is 2.00 bits per heavy atom. The van der Waals surface area contributed by atoms with Crippen LogP contribution in [0.5, 0.6) is 23.0 Å². The zero-order valence-corrected chi connectivity index (χ0v) is 24.2. The number of aliphatic carboxylic acids is 1. The maximum Gasteiger partial charge on any atom is 0.371 e. The van der Waals surface area contributed by atoms with Crippen molar-refractivity contribution in [3.8, 4) is 23.0 Å². The molecule has 10 nitrogen and oxygen atoms in total. The summed E-state index contributed by atoms with van der Waals surface area (Å²) in [5.41, 5.74) is 4.91. The number of rotatable bonds is 11. The lowest BCUT2D eigenvalue weighted by Crippen LogP contribution is -2.36. The Morgan fingerprint density at radius 1 is 0.925 bits per heavy atom. The molecule has 2 aliphatic rings. The molecule has 1 atom stereocenters. The highest BCUT2D eigenvalue weighted by atomic mass is 16.5. The first kappa shape index (κ1) is 30.7. The maximum absolute atomic E-state index is 12.9. The molecule has 0 unspecified atom stereocenters. The number of nitrogens with zero attached hydrogens (tertiary/aromatic N) is 2. The van der Waals surface area contributed by atoms with Gasteiger partial charge >= 0.3 is 5.97 Å². The highest BCUT2D eigenvalue weighted by Gasteiger charge is 2.29. The van der Waals surface area contributed by atoms with Gasteiger partial charge in [0.15, 0.2) is 23.0 Å². The van der Waals surface area contributed by atoms with Crippen molar-refractivity contribution in [2.24, 2.45) is 0 Å². The Bertz CT molecular complexity index is 1220. The van der Waals surface area contributed by atoms with Crippen LogP contribution >= 0.6 is 0 Å². The average Bonchev–Trinajstić information content (AvgIpc) is 3.08. The molecule has 218 valence electrons. The summed E-state index contributed by atoms with van der Waals surface area (Å²) in [7, 11) is 8.79. The van der Waals surface area contributed by atoms with Gasteiger partial charge in [-0.1, -0.05) is 0 Å². The largest absolute Gasteiger partial charge is 0.493 e. The van der Waals surface area contributed by atoms with Crippen LogP contribution in [0.25, 0.3) is 0 Å². The quantitative estimate of drug-likeness (QED) is 0.417. The van der Waals surface area contributed by atoms with Crippen molar-refractivity contribution in [2.75, 3.05) is 61.7 Å². The molecule has 2 aromatic carbocycles. The van der Waals surface area contributed by atoms with Gasteiger partial charge in [0.25, 0.3) is 0 Å². The summed E-state index contributed by atoms with van der Waals surface area (Å²) in [6.07, 6.45) is 3.27. The van der Waals surface area contributed by atoms with E-state index >= 15 is 0 Å². The van der Waals surface area contributed by atoms with Gasteiger partial charge in [-0.05, 0) is 79.4 Å². The summed E-state index contributed by atoms with van der Waals surface area (Å²) in [6.45, 7) is 4.47. The molecular weight excluding hydrogens is 516 g/mol. The molecule has 0 bridgehead atoms. The number of likely N-dealkylation sites (N-methyl/N-ethyl adjacent to an activating group) is 1. The van der Waals surface area contributed by atoms with Gasteiger partial charge < -0.3 is 33.9 Å². The fraction of sp³-hybridized carbons (Fsp3) is 0.500. The summed E-state index contributed by atoms with van der Waals surface area (Å²) in [6, 6.07) is 8.18. The minimum absolute atomic E-state index is 0.183. The van der Waals surface area contributed by atoms with Crippen LogP contribution in [0.2, 0.25) is 0 Å². The van der Waals surface area contributed by atoms with Crippen LogP contribution < -0.4 is 18.9 Å². The second-order valence-corrected chi connectivity index (χ2v) is 10.1. The Morgan fingerprint density at radius 2 is 1.45 bits per heavy atom. The standard InChI is InChI=1S/C27H36N2O5.C3H4O3/c1-28(17-21-11-20-14-25(33-4)26(34-5)16-22(20)21)8-6-9-29-10-7-18-12-23(31-2)24(32-3)13-19(18)15-27(29)30;1-2(4)3(5)6/h12-14,16,21H,6-11,15,17H2,1-5H3;1H3,(H,5,6)/t21-;/m1./s1. The van der Waals surface area contributed by atoms with Gasteiger partial charge in [-0.3, -0.25) is 9.59 Å². The van der Waals surface area contributed by atoms with E-state index in [0.29, 0.717) is 18.1 Å². The first-order valence-corrected chi connectivity index (χ1v) is 13.3. The van der Waals surface area contributed by atoms with Gasteiger partial charge in [-0.15, -0.1) is 0 Å². The van der Waals surface area contributed by atoms with Crippen LogP contribution in [0.3, 0.4) is 0 Å². The molecule has 1 amide bonds. The minimum Gasteiger partial charge on any atom is -0.493 e. The van der Waals surface area contributed by atoms with Crippen LogP contribution in [-0.2, 0) is 33.6 Å². The van der Waals surface area contributed by atoms with Gasteiger partial charge in [0.05, 0.1) is 34.9 Å². The third-order valence-electron chi connectivity index (χ3n) is 7.40. The number of amides is 1. The summed E-state index contributed by atoms with van der Waals surface area (Å²) in [4.78, 5) is 36.2. The van der Waals surface area contributed by atoms with Crippen LogP contribution in [0.15, 0.2) is 24.3 Å². The van der Waals surface area contributed by atoms with E-state index in [9.17, 15) is 14.4 Å². The number of ketones is 1. The van der Waals surface area contributed by atoms with Gasteiger partial charge in [-0.2, -0.15) is 0 Å². The van der Waals surface area contributed by atoms with E-state index in [4.69, 9.17) is 24.1 Å². The number of benzene rings is 2. The third-order valence-corrected chi connectivity index (χ3v) is 7.40. The first-order chi connectivity index (χ1) is 19.1. The van der Waals surface area contributed by atoms with Crippen LogP contribution in [-0.4, -0.2) is 94.2 Å². The van der Waals surface area contributed by atoms with Gasteiger partial charge in [0.2, 0.25) is 11.7 Å². The highest BCUT2D eigenvalue weighted by Crippen LogP contribution is 2.42. The lowest BCUT2D eigenvalue weighted by molar-refractivity contribution is -0.148. The second-order valence-electron chi connectivity index (χ2n) is 10.1. The Labute approximate surface area is 235 Å². The van der Waals surface area contributed by atoms with Crippen molar-refractivity contribution in [1.82, 2.24) is 9.80 Å². The number of Topliss-reactive ketones (excluding diaryl/α,β-unsaturated/α-hetero) is 1. The van der Waals surface area contributed by atoms with Crippen LogP contribution in [0.4, 0.5) is 0 Å². The fourth-order valence-corrected chi connectivity index (χ4v) is 5.15. The Kier molecular flexibility index (Phi) is 10.8. The molecule has 1 aliphatic carbocycles. The molecule has 10 heteroatoms. The van der Waals surface area contributed by atoms with Crippen molar-refractivity contribution in [2.45, 2.75) is 38.5 Å². The number of carboxylic acids is 1. The molecule has 0 radical (unpaired) electrons. The van der Waals surface area contributed by atoms with E-state index in [-0.39, 0.29) is 5.91 Å². The Hall–Kier alpha value is -3.79. The van der Waals surface area contributed by atoms with E-state index in [0.717, 1.165) is 75.2 Å². The van der Waals surface area contributed by atoms with Crippen molar-refractivity contribution in [3.63, 3.8) is 0 Å². The molecule has 0 saturated heterocycles. The third kappa shape index (κ3) is 7.44. The molecule has 40 heavy (non-hydrogen) atoms. The minimum atomic E-state index is -1.38. The fourth-order valence-electron chi connectivity index (χ4n) is 5.15.